The normalized spacial score (nSPS) is 11.2. The number of hydrogen-bond acceptors (Lipinski definition) is 2. The second-order valence-corrected chi connectivity index (χ2v) is 2.25. The number of carbonyl (C=O) groups is 1. The van der Waals surface area contributed by atoms with Gasteiger partial charge >= 0.3 is 0 Å². The number of rotatable bonds is 3. The molecule has 0 radical (unpaired) electrons. The van der Waals surface area contributed by atoms with Gasteiger partial charge in [-0.05, 0) is 13.0 Å². The maximum Gasteiger partial charge on any atom is 0.285 e. The van der Waals surface area contributed by atoms with Crippen molar-refractivity contribution in [3.8, 4) is 0 Å². The zero-order valence-corrected chi connectivity index (χ0v) is 7.31. The van der Waals surface area contributed by atoms with Gasteiger partial charge in [0.05, 0.1) is 0 Å². The summed E-state index contributed by atoms with van der Waals surface area (Å²) >= 11 is 3.05. The minimum atomic E-state index is -0.429. The molecule has 0 atom stereocenters. The third-order valence-electron chi connectivity index (χ3n) is 0.840. The van der Waals surface area contributed by atoms with Gasteiger partial charge in [0.1, 0.15) is 0 Å². The van der Waals surface area contributed by atoms with Gasteiger partial charge in [-0.25, -0.2) is 0 Å². The van der Waals surface area contributed by atoms with Gasteiger partial charge < -0.3 is 10.4 Å². The van der Waals surface area contributed by atoms with Crippen molar-refractivity contribution in [1.82, 2.24) is 5.32 Å². The molecule has 0 saturated heterocycles. The number of amides is 1. The lowest BCUT2D eigenvalue weighted by atomic mass is 10.4. The smallest absolute Gasteiger partial charge is 0.285 e. The minimum Gasteiger partial charge on any atom is -0.503 e. The number of alkyl halides is 1. The number of aliphatic hydroxyl groups excluding tert-OH is 1. The molecule has 2 N–H and O–H groups in total. The van der Waals surface area contributed by atoms with Crippen molar-refractivity contribution in [3.05, 3.63) is 11.8 Å². The van der Waals surface area contributed by atoms with Gasteiger partial charge in [0.2, 0.25) is 0 Å². The standard InChI is InChI=1S/C6H10BrNO2/c1-2-8-6(10)5(9)3-4-7/h3,9H,2,4H2,1H3,(H,8,10)/b5-3+. The van der Waals surface area contributed by atoms with Gasteiger partial charge in [0.25, 0.3) is 5.91 Å². The quantitative estimate of drug-likeness (QED) is 0.412. The maximum atomic E-state index is 10.7. The highest BCUT2D eigenvalue weighted by Gasteiger charge is 2.02. The first-order chi connectivity index (χ1) is 4.72. The van der Waals surface area contributed by atoms with Gasteiger partial charge in [-0.2, -0.15) is 0 Å². The Hall–Kier alpha value is -0.510. The van der Waals surface area contributed by atoms with E-state index in [-0.39, 0.29) is 5.76 Å². The van der Waals surface area contributed by atoms with E-state index in [4.69, 9.17) is 5.11 Å². The Kier molecular flexibility index (Phi) is 5.02. The van der Waals surface area contributed by atoms with E-state index >= 15 is 0 Å². The summed E-state index contributed by atoms with van der Waals surface area (Å²) in [5.74, 6) is -0.666. The SMILES string of the molecule is CCNC(=O)/C(O)=C\CBr. The number of aliphatic hydroxyl groups is 1. The van der Waals surface area contributed by atoms with E-state index < -0.39 is 5.91 Å². The summed E-state index contributed by atoms with van der Waals surface area (Å²) < 4.78 is 0. The number of likely N-dealkylation sites (N-methyl/N-ethyl adjacent to an activating group) is 1. The van der Waals surface area contributed by atoms with Crippen molar-refractivity contribution < 1.29 is 9.90 Å². The molecule has 0 heterocycles. The molecule has 3 nitrogen and oxygen atoms in total. The Morgan fingerprint density at radius 3 is 2.80 bits per heavy atom. The highest BCUT2D eigenvalue weighted by molar-refractivity contribution is 9.09. The number of carbonyl (C=O) groups excluding carboxylic acids is 1. The van der Waals surface area contributed by atoms with Crippen LogP contribution in [0.1, 0.15) is 6.92 Å². The Labute approximate surface area is 68.2 Å². The zero-order chi connectivity index (χ0) is 7.98. The molecule has 4 heteroatoms. The summed E-state index contributed by atoms with van der Waals surface area (Å²) in [5.41, 5.74) is 0. The number of allylic oxidation sites excluding steroid dienone is 1. The van der Waals surface area contributed by atoms with E-state index in [1.165, 1.54) is 6.08 Å². The number of nitrogens with one attached hydrogen (secondary N) is 1. The third-order valence-corrected chi connectivity index (χ3v) is 1.16. The molecule has 0 aromatic rings. The van der Waals surface area contributed by atoms with Crippen LogP contribution in [0.25, 0.3) is 0 Å². The lowest BCUT2D eigenvalue weighted by Crippen LogP contribution is -2.24. The van der Waals surface area contributed by atoms with E-state index in [9.17, 15) is 4.79 Å². The molecule has 0 spiro atoms. The van der Waals surface area contributed by atoms with Crippen molar-refractivity contribution in [2.75, 3.05) is 11.9 Å². The largest absolute Gasteiger partial charge is 0.503 e. The molecule has 0 aliphatic rings. The molecule has 0 unspecified atom stereocenters. The Bertz CT molecular complexity index is 145. The molecule has 10 heavy (non-hydrogen) atoms. The van der Waals surface area contributed by atoms with Gasteiger partial charge in [-0.3, -0.25) is 4.79 Å². The molecule has 0 aromatic carbocycles. The van der Waals surface area contributed by atoms with E-state index in [0.717, 1.165) is 0 Å². The number of hydrogen-bond donors (Lipinski definition) is 2. The van der Waals surface area contributed by atoms with Crippen molar-refractivity contribution in [3.63, 3.8) is 0 Å². The first kappa shape index (κ1) is 9.49. The highest BCUT2D eigenvalue weighted by Crippen LogP contribution is 1.90. The molecular formula is C6H10BrNO2. The fraction of sp³-hybridized carbons (Fsp3) is 0.500. The summed E-state index contributed by atoms with van der Waals surface area (Å²) in [5, 5.41) is 11.8. The molecule has 0 aromatic heterocycles. The van der Waals surface area contributed by atoms with Crippen LogP contribution in [0.15, 0.2) is 11.8 Å². The molecule has 0 fully saturated rings. The molecule has 58 valence electrons. The van der Waals surface area contributed by atoms with E-state index in [0.29, 0.717) is 11.9 Å². The highest BCUT2D eigenvalue weighted by atomic mass is 79.9. The van der Waals surface area contributed by atoms with Crippen LogP contribution in [-0.2, 0) is 4.79 Å². The summed E-state index contributed by atoms with van der Waals surface area (Å²) in [6, 6.07) is 0. The fourth-order valence-corrected chi connectivity index (χ4v) is 0.724. The van der Waals surface area contributed by atoms with Gasteiger partial charge in [-0.15, -0.1) is 0 Å². The van der Waals surface area contributed by atoms with Crippen LogP contribution in [0, 0.1) is 0 Å². The molecule has 0 bridgehead atoms. The average Bonchev–Trinajstić information content (AvgIpc) is 1.89. The van der Waals surface area contributed by atoms with Crippen LogP contribution in [0.4, 0.5) is 0 Å². The van der Waals surface area contributed by atoms with E-state index in [2.05, 4.69) is 21.2 Å². The zero-order valence-electron chi connectivity index (χ0n) is 5.72. The first-order valence-corrected chi connectivity index (χ1v) is 4.07. The van der Waals surface area contributed by atoms with Gasteiger partial charge in [0, 0.05) is 11.9 Å². The van der Waals surface area contributed by atoms with Gasteiger partial charge in [-0.1, -0.05) is 15.9 Å². The van der Waals surface area contributed by atoms with Crippen molar-refractivity contribution in [2.24, 2.45) is 0 Å². The summed E-state index contributed by atoms with van der Waals surface area (Å²) in [6.07, 6.45) is 1.39. The first-order valence-electron chi connectivity index (χ1n) is 2.95. The lowest BCUT2D eigenvalue weighted by molar-refractivity contribution is -0.119. The topological polar surface area (TPSA) is 49.3 Å². The van der Waals surface area contributed by atoms with Crippen LogP contribution in [0.2, 0.25) is 0 Å². The maximum absolute atomic E-state index is 10.7. The van der Waals surface area contributed by atoms with Crippen LogP contribution in [0.5, 0.6) is 0 Å². The Morgan fingerprint density at radius 2 is 2.40 bits per heavy atom. The molecule has 0 aliphatic heterocycles. The summed E-state index contributed by atoms with van der Waals surface area (Å²) in [7, 11) is 0. The second-order valence-electron chi connectivity index (χ2n) is 1.60. The van der Waals surface area contributed by atoms with E-state index in [1.54, 1.807) is 6.92 Å². The molecule has 0 aliphatic carbocycles. The van der Waals surface area contributed by atoms with Crippen LogP contribution in [-0.4, -0.2) is 22.9 Å². The fourth-order valence-electron chi connectivity index (χ4n) is 0.417. The Balaban J connectivity index is 3.82. The Morgan fingerprint density at radius 1 is 1.80 bits per heavy atom. The van der Waals surface area contributed by atoms with Crippen LogP contribution >= 0.6 is 15.9 Å². The van der Waals surface area contributed by atoms with Crippen LogP contribution in [0.3, 0.4) is 0 Å². The predicted octanol–water partition coefficient (Wildman–Crippen LogP) is 0.959. The summed E-state index contributed by atoms with van der Waals surface area (Å²) in [6.45, 7) is 2.32. The lowest BCUT2D eigenvalue weighted by Gasteiger charge is -1.98. The van der Waals surface area contributed by atoms with Crippen molar-refractivity contribution in [1.29, 1.82) is 0 Å². The predicted molar refractivity (Wildman–Crippen MR) is 43.2 cm³/mol. The van der Waals surface area contributed by atoms with Gasteiger partial charge in [0.15, 0.2) is 5.76 Å². The third kappa shape index (κ3) is 3.50. The summed E-state index contributed by atoms with van der Waals surface area (Å²) in [4.78, 5) is 10.7. The second kappa shape index (κ2) is 5.29. The monoisotopic (exact) mass is 207 g/mol. The minimum absolute atomic E-state index is 0.237. The van der Waals surface area contributed by atoms with E-state index in [1.807, 2.05) is 0 Å². The van der Waals surface area contributed by atoms with Crippen molar-refractivity contribution >= 4 is 21.8 Å². The number of halogens is 1. The average molecular weight is 208 g/mol. The molecular weight excluding hydrogens is 198 g/mol. The molecule has 1 amide bonds. The molecule has 0 saturated carbocycles. The van der Waals surface area contributed by atoms with Crippen molar-refractivity contribution in [2.45, 2.75) is 6.92 Å². The molecule has 0 rings (SSSR count). The van der Waals surface area contributed by atoms with Crippen LogP contribution < -0.4 is 5.32 Å².